The van der Waals surface area contributed by atoms with E-state index in [2.05, 4.69) is 24.5 Å². The minimum absolute atomic E-state index is 0.0690. The summed E-state index contributed by atoms with van der Waals surface area (Å²) in [4.78, 5) is 29.9. The van der Waals surface area contributed by atoms with Gasteiger partial charge in [-0.15, -0.1) is 0 Å². The maximum atomic E-state index is 12.7. The van der Waals surface area contributed by atoms with Crippen LogP contribution in [0, 0.1) is 12.8 Å². The lowest BCUT2D eigenvalue weighted by Gasteiger charge is -2.17. The fourth-order valence-electron chi connectivity index (χ4n) is 3.27. The Morgan fingerprint density at radius 3 is 2.45 bits per heavy atom. The molecule has 0 aliphatic rings. The molecule has 0 saturated carbocycles. The highest BCUT2D eigenvalue weighted by molar-refractivity contribution is 5.95. The summed E-state index contributed by atoms with van der Waals surface area (Å²) in [6, 6.07) is 14.8. The van der Waals surface area contributed by atoms with Gasteiger partial charge in [0, 0.05) is 12.1 Å². The van der Waals surface area contributed by atoms with E-state index in [-0.39, 0.29) is 24.4 Å². The molecular weight excluding hydrogens is 364 g/mol. The van der Waals surface area contributed by atoms with Crippen LogP contribution in [-0.4, -0.2) is 27.9 Å². The number of aryl methyl sites for hydroxylation is 1. The van der Waals surface area contributed by atoms with E-state index in [0.717, 1.165) is 16.6 Å². The number of hydrogen-bond donors (Lipinski definition) is 2. The molecule has 0 fully saturated rings. The summed E-state index contributed by atoms with van der Waals surface area (Å²) in [5.74, 6) is 0.817. The molecule has 1 atom stereocenters. The first-order valence-electron chi connectivity index (χ1n) is 9.95. The van der Waals surface area contributed by atoms with E-state index in [4.69, 9.17) is 4.98 Å². The Bertz CT molecular complexity index is 1020. The van der Waals surface area contributed by atoms with Gasteiger partial charge in [0.15, 0.2) is 0 Å². The smallest absolute Gasteiger partial charge is 0.252 e. The van der Waals surface area contributed by atoms with Crippen molar-refractivity contribution in [3.63, 3.8) is 0 Å². The maximum absolute atomic E-state index is 12.7. The van der Waals surface area contributed by atoms with Crippen molar-refractivity contribution in [3.05, 3.63) is 65.5 Å². The second kappa shape index (κ2) is 8.90. The molecule has 1 heterocycles. The number of nitrogens with one attached hydrogen (secondary N) is 2. The van der Waals surface area contributed by atoms with Crippen LogP contribution >= 0.6 is 0 Å². The molecule has 6 nitrogen and oxygen atoms in total. The van der Waals surface area contributed by atoms with Gasteiger partial charge in [0.25, 0.3) is 5.91 Å². The fourth-order valence-corrected chi connectivity index (χ4v) is 3.27. The minimum atomic E-state index is -0.354. The van der Waals surface area contributed by atoms with Crippen molar-refractivity contribution >= 4 is 22.8 Å². The van der Waals surface area contributed by atoms with Gasteiger partial charge in [-0.1, -0.05) is 44.2 Å². The van der Waals surface area contributed by atoms with Gasteiger partial charge in [0.1, 0.15) is 12.4 Å². The standard InChI is InChI=1S/C23H28N4O2/c1-15(2)13-24-21(28)14-27-20-12-8-7-11-19(20)26-22(27)17(4)25-23(29)18-10-6-5-9-16(18)3/h5-12,15,17H,13-14H2,1-4H3,(H,24,28)(H,25,29). The third-order valence-corrected chi connectivity index (χ3v) is 4.82. The fraction of sp³-hybridized carbons (Fsp3) is 0.348. The Labute approximate surface area is 171 Å². The predicted molar refractivity (Wildman–Crippen MR) is 115 cm³/mol. The molecule has 0 radical (unpaired) electrons. The third-order valence-electron chi connectivity index (χ3n) is 4.82. The van der Waals surface area contributed by atoms with Crippen LogP contribution < -0.4 is 10.6 Å². The van der Waals surface area contributed by atoms with Crippen LogP contribution in [-0.2, 0) is 11.3 Å². The number of hydrogen-bond acceptors (Lipinski definition) is 3. The normalized spacial score (nSPS) is 12.2. The van der Waals surface area contributed by atoms with Crippen LogP contribution in [0.1, 0.15) is 48.6 Å². The first-order valence-corrected chi connectivity index (χ1v) is 9.95. The van der Waals surface area contributed by atoms with Gasteiger partial charge in [0.05, 0.1) is 17.1 Å². The first kappa shape index (κ1) is 20.6. The molecule has 0 aliphatic heterocycles. The van der Waals surface area contributed by atoms with E-state index in [1.54, 1.807) is 6.07 Å². The molecule has 152 valence electrons. The minimum Gasteiger partial charge on any atom is -0.354 e. The van der Waals surface area contributed by atoms with E-state index in [1.165, 1.54) is 0 Å². The number of aromatic nitrogens is 2. The quantitative estimate of drug-likeness (QED) is 0.645. The Kier molecular flexibility index (Phi) is 6.32. The Hall–Kier alpha value is -3.15. The van der Waals surface area contributed by atoms with Gasteiger partial charge in [-0.05, 0) is 43.5 Å². The number of rotatable bonds is 7. The van der Waals surface area contributed by atoms with Crippen LogP contribution in [0.25, 0.3) is 11.0 Å². The van der Waals surface area contributed by atoms with Crippen molar-refractivity contribution in [2.45, 2.75) is 40.3 Å². The van der Waals surface area contributed by atoms with Gasteiger partial charge >= 0.3 is 0 Å². The molecule has 29 heavy (non-hydrogen) atoms. The van der Waals surface area contributed by atoms with E-state index in [9.17, 15) is 9.59 Å². The average Bonchev–Trinajstić information content (AvgIpc) is 3.05. The number of amides is 2. The molecule has 2 amide bonds. The van der Waals surface area contributed by atoms with E-state index in [1.807, 2.05) is 60.9 Å². The number of fused-ring (bicyclic) bond motifs is 1. The number of carbonyl (C=O) groups is 2. The van der Waals surface area contributed by atoms with E-state index < -0.39 is 0 Å². The van der Waals surface area contributed by atoms with Crippen LogP contribution in [0.2, 0.25) is 0 Å². The molecule has 6 heteroatoms. The van der Waals surface area contributed by atoms with Crippen molar-refractivity contribution in [1.29, 1.82) is 0 Å². The zero-order chi connectivity index (χ0) is 21.0. The number of para-hydroxylation sites is 2. The second-order valence-electron chi connectivity index (χ2n) is 7.75. The number of imidazole rings is 1. The summed E-state index contributed by atoms with van der Waals surface area (Å²) in [7, 11) is 0. The SMILES string of the molecule is Cc1ccccc1C(=O)NC(C)c1nc2ccccc2n1CC(=O)NCC(C)C. The van der Waals surface area contributed by atoms with Gasteiger partial charge in [-0.25, -0.2) is 4.98 Å². The molecule has 2 N–H and O–H groups in total. The maximum Gasteiger partial charge on any atom is 0.252 e. The summed E-state index contributed by atoms with van der Waals surface area (Å²) in [5, 5.41) is 5.97. The monoisotopic (exact) mass is 392 g/mol. The lowest BCUT2D eigenvalue weighted by molar-refractivity contribution is -0.121. The zero-order valence-corrected chi connectivity index (χ0v) is 17.4. The Morgan fingerprint density at radius 2 is 1.72 bits per heavy atom. The highest BCUT2D eigenvalue weighted by Crippen LogP contribution is 2.21. The number of carbonyl (C=O) groups excluding carboxylic acids is 2. The highest BCUT2D eigenvalue weighted by Gasteiger charge is 2.21. The topological polar surface area (TPSA) is 76.0 Å². The Balaban J connectivity index is 1.86. The molecule has 1 aromatic heterocycles. The molecule has 3 rings (SSSR count). The lowest BCUT2D eigenvalue weighted by Crippen LogP contribution is -2.33. The van der Waals surface area contributed by atoms with Crippen molar-refractivity contribution in [3.8, 4) is 0 Å². The van der Waals surface area contributed by atoms with Gasteiger partial charge < -0.3 is 15.2 Å². The van der Waals surface area contributed by atoms with Gasteiger partial charge in [0.2, 0.25) is 5.91 Å². The largest absolute Gasteiger partial charge is 0.354 e. The molecule has 0 spiro atoms. The van der Waals surface area contributed by atoms with Crippen molar-refractivity contribution in [2.24, 2.45) is 5.92 Å². The number of nitrogens with zero attached hydrogens (tertiary/aromatic N) is 2. The van der Waals surface area contributed by atoms with Gasteiger partial charge in [-0.2, -0.15) is 0 Å². The van der Waals surface area contributed by atoms with E-state index in [0.29, 0.717) is 23.9 Å². The van der Waals surface area contributed by atoms with Crippen LogP contribution in [0.15, 0.2) is 48.5 Å². The second-order valence-corrected chi connectivity index (χ2v) is 7.75. The summed E-state index contributed by atoms with van der Waals surface area (Å²) in [6.07, 6.45) is 0. The average molecular weight is 393 g/mol. The van der Waals surface area contributed by atoms with Crippen molar-refractivity contribution in [1.82, 2.24) is 20.2 Å². The van der Waals surface area contributed by atoms with Gasteiger partial charge in [-0.3, -0.25) is 9.59 Å². The Morgan fingerprint density at radius 1 is 1.03 bits per heavy atom. The first-order chi connectivity index (χ1) is 13.9. The molecule has 0 aliphatic carbocycles. The lowest BCUT2D eigenvalue weighted by atomic mass is 10.1. The third kappa shape index (κ3) is 4.83. The summed E-state index contributed by atoms with van der Waals surface area (Å²) in [6.45, 7) is 8.70. The molecule has 1 unspecified atom stereocenters. The van der Waals surface area contributed by atoms with Crippen LogP contribution in [0.4, 0.5) is 0 Å². The number of benzene rings is 2. The molecule has 0 bridgehead atoms. The summed E-state index contributed by atoms with van der Waals surface area (Å²) in [5.41, 5.74) is 3.23. The predicted octanol–water partition coefficient (Wildman–Crippen LogP) is 3.61. The van der Waals surface area contributed by atoms with Crippen molar-refractivity contribution in [2.75, 3.05) is 6.54 Å². The molecule has 0 saturated heterocycles. The van der Waals surface area contributed by atoms with Crippen molar-refractivity contribution < 1.29 is 9.59 Å². The molecule has 2 aromatic carbocycles. The zero-order valence-electron chi connectivity index (χ0n) is 17.4. The highest BCUT2D eigenvalue weighted by atomic mass is 16.2. The van der Waals surface area contributed by atoms with E-state index >= 15 is 0 Å². The molecular formula is C23H28N4O2. The van der Waals surface area contributed by atoms with Crippen LogP contribution in [0.5, 0.6) is 0 Å². The molecule has 3 aromatic rings. The summed E-state index contributed by atoms with van der Waals surface area (Å²) >= 11 is 0. The van der Waals surface area contributed by atoms with Crippen LogP contribution in [0.3, 0.4) is 0 Å². The summed E-state index contributed by atoms with van der Waals surface area (Å²) < 4.78 is 1.88.